The van der Waals surface area contributed by atoms with Crippen LogP contribution in [0, 0.1) is 10.5 Å². The van der Waals surface area contributed by atoms with Crippen molar-refractivity contribution in [2.24, 2.45) is 0 Å². The Labute approximate surface area is 139 Å². The molecule has 1 aromatic rings. The smallest absolute Gasteiger partial charge is 0.306 e. The zero-order valence-electron chi connectivity index (χ0n) is 12.6. The van der Waals surface area contributed by atoms with Crippen LogP contribution in [0.1, 0.15) is 18.9 Å². The summed E-state index contributed by atoms with van der Waals surface area (Å²) < 4.78 is 5.74. The van der Waals surface area contributed by atoms with Gasteiger partial charge in [-0.15, -0.1) is 0 Å². The summed E-state index contributed by atoms with van der Waals surface area (Å²) in [6.45, 7) is 5.41. The standard InChI is InChI=1S/C15H21IN2O3/c1-4-18(8-7-15(20)21-3)10-14(19)17-13-6-5-12(16)9-11(13)2/h5-6,9H,4,7-8,10H2,1-3H3,(H,17,19). The number of nitrogens with zero attached hydrogens (tertiary/aromatic N) is 1. The van der Waals surface area contributed by atoms with Gasteiger partial charge in [0.1, 0.15) is 0 Å². The highest BCUT2D eigenvalue weighted by Crippen LogP contribution is 2.17. The molecule has 0 radical (unpaired) electrons. The summed E-state index contributed by atoms with van der Waals surface area (Å²) in [4.78, 5) is 25.1. The molecule has 1 amide bonds. The maximum Gasteiger partial charge on any atom is 0.306 e. The number of carbonyl (C=O) groups excluding carboxylic acids is 2. The molecule has 0 heterocycles. The zero-order valence-corrected chi connectivity index (χ0v) is 14.8. The second-order valence-corrected chi connectivity index (χ2v) is 5.95. The number of likely N-dealkylation sites (N-methyl/N-ethyl adjacent to an activating group) is 1. The van der Waals surface area contributed by atoms with Gasteiger partial charge in [0.05, 0.1) is 20.1 Å². The zero-order chi connectivity index (χ0) is 15.8. The summed E-state index contributed by atoms with van der Waals surface area (Å²) in [7, 11) is 1.37. The van der Waals surface area contributed by atoms with E-state index in [4.69, 9.17) is 0 Å². The van der Waals surface area contributed by atoms with E-state index < -0.39 is 0 Å². The van der Waals surface area contributed by atoms with Crippen LogP contribution in [0.15, 0.2) is 18.2 Å². The number of hydrogen-bond donors (Lipinski definition) is 1. The third-order valence-electron chi connectivity index (χ3n) is 3.14. The number of hydrogen-bond acceptors (Lipinski definition) is 4. The van der Waals surface area contributed by atoms with Crippen LogP contribution >= 0.6 is 22.6 Å². The number of benzene rings is 1. The van der Waals surface area contributed by atoms with Crippen molar-refractivity contribution in [2.75, 3.05) is 32.1 Å². The fourth-order valence-corrected chi connectivity index (χ4v) is 2.51. The quantitative estimate of drug-likeness (QED) is 0.560. The molecule has 0 saturated carbocycles. The van der Waals surface area contributed by atoms with E-state index in [2.05, 4.69) is 32.6 Å². The summed E-state index contributed by atoms with van der Waals surface area (Å²) in [6, 6.07) is 5.88. The van der Waals surface area contributed by atoms with Crippen molar-refractivity contribution in [1.82, 2.24) is 4.90 Å². The van der Waals surface area contributed by atoms with Gasteiger partial charge >= 0.3 is 5.97 Å². The van der Waals surface area contributed by atoms with Gasteiger partial charge in [0.25, 0.3) is 0 Å². The van der Waals surface area contributed by atoms with Gasteiger partial charge in [-0.05, 0) is 59.8 Å². The summed E-state index contributed by atoms with van der Waals surface area (Å²) in [6.07, 6.45) is 0.292. The molecular formula is C15H21IN2O3. The Morgan fingerprint density at radius 1 is 1.38 bits per heavy atom. The van der Waals surface area contributed by atoms with Gasteiger partial charge in [-0.1, -0.05) is 6.92 Å². The SMILES string of the molecule is CCN(CCC(=O)OC)CC(=O)Nc1ccc(I)cc1C. The Balaban J connectivity index is 2.52. The van der Waals surface area contributed by atoms with Crippen LogP contribution < -0.4 is 5.32 Å². The highest BCUT2D eigenvalue weighted by molar-refractivity contribution is 14.1. The number of carbonyl (C=O) groups is 2. The third kappa shape index (κ3) is 6.43. The molecule has 0 aliphatic carbocycles. The average Bonchev–Trinajstić information content (AvgIpc) is 2.46. The van der Waals surface area contributed by atoms with Crippen molar-refractivity contribution in [3.8, 4) is 0 Å². The fraction of sp³-hybridized carbons (Fsp3) is 0.467. The Bertz CT molecular complexity index is 506. The van der Waals surface area contributed by atoms with Gasteiger partial charge in [0.2, 0.25) is 5.91 Å². The third-order valence-corrected chi connectivity index (χ3v) is 3.81. The van der Waals surface area contributed by atoms with E-state index in [-0.39, 0.29) is 18.4 Å². The molecule has 5 nitrogen and oxygen atoms in total. The van der Waals surface area contributed by atoms with Crippen molar-refractivity contribution in [1.29, 1.82) is 0 Å². The molecule has 0 spiro atoms. The molecular weight excluding hydrogens is 383 g/mol. The van der Waals surface area contributed by atoms with Crippen molar-refractivity contribution in [3.63, 3.8) is 0 Å². The second-order valence-electron chi connectivity index (χ2n) is 4.70. The second kappa shape index (κ2) is 8.99. The highest BCUT2D eigenvalue weighted by Gasteiger charge is 2.12. The van der Waals surface area contributed by atoms with Crippen molar-refractivity contribution in [3.05, 3.63) is 27.3 Å². The van der Waals surface area contributed by atoms with Crippen LogP contribution in [0.2, 0.25) is 0 Å². The number of amides is 1. The molecule has 0 bridgehead atoms. The lowest BCUT2D eigenvalue weighted by Gasteiger charge is -2.19. The number of methoxy groups -OCH3 is 1. The molecule has 6 heteroatoms. The van der Waals surface area contributed by atoms with Gasteiger partial charge in [0.15, 0.2) is 0 Å². The van der Waals surface area contributed by atoms with Gasteiger partial charge in [-0.2, -0.15) is 0 Å². The lowest BCUT2D eigenvalue weighted by atomic mass is 10.2. The minimum absolute atomic E-state index is 0.0778. The number of rotatable bonds is 7. The molecule has 0 aliphatic rings. The highest BCUT2D eigenvalue weighted by atomic mass is 127. The summed E-state index contributed by atoms with van der Waals surface area (Å²) >= 11 is 2.24. The van der Waals surface area contributed by atoms with E-state index in [9.17, 15) is 9.59 Å². The molecule has 0 fully saturated rings. The average molecular weight is 404 g/mol. The molecule has 0 atom stereocenters. The predicted molar refractivity (Wildman–Crippen MR) is 91.3 cm³/mol. The van der Waals surface area contributed by atoms with Crippen molar-refractivity contribution >= 4 is 40.2 Å². The number of nitrogens with one attached hydrogen (secondary N) is 1. The monoisotopic (exact) mass is 404 g/mol. The Morgan fingerprint density at radius 3 is 2.67 bits per heavy atom. The topological polar surface area (TPSA) is 58.6 Å². The van der Waals surface area contributed by atoms with Crippen LogP contribution in [-0.2, 0) is 14.3 Å². The molecule has 0 unspecified atom stereocenters. The Hall–Kier alpha value is -1.15. The Kier molecular flexibility index (Phi) is 7.66. The van der Waals surface area contributed by atoms with E-state index >= 15 is 0 Å². The van der Waals surface area contributed by atoms with Crippen LogP contribution in [0.3, 0.4) is 0 Å². The summed E-state index contributed by atoms with van der Waals surface area (Å²) in [5, 5.41) is 2.90. The largest absolute Gasteiger partial charge is 0.469 e. The van der Waals surface area contributed by atoms with E-state index in [1.165, 1.54) is 7.11 Å². The van der Waals surface area contributed by atoms with Gasteiger partial charge in [-0.25, -0.2) is 0 Å². The lowest BCUT2D eigenvalue weighted by molar-refractivity contribution is -0.141. The minimum Gasteiger partial charge on any atom is -0.469 e. The van der Waals surface area contributed by atoms with E-state index in [1.807, 2.05) is 36.9 Å². The van der Waals surface area contributed by atoms with E-state index in [0.29, 0.717) is 19.5 Å². The molecule has 0 aromatic heterocycles. The maximum atomic E-state index is 12.1. The first-order valence-corrected chi connectivity index (χ1v) is 7.89. The lowest BCUT2D eigenvalue weighted by Crippen LogP contribution is -2.34. The van der Waals surface area contributed by atoms with Crippen LogP contribution in [0.25, 0.3) is 0 Å². The molecule has 1 rings (SSSR count). The molecule has 21 heavy (non-hydrogen) atoms. The fourth-order valence-electron chi connectivity index (χ4n) is 1.86. The van der Waals surface area contributed by atoms with Crippen molar-refractivity contribution < 1.29 is 14.3 Å². The molecule has 116 valence electrons. The van der Waals surface area contributed by atoms with Gasteiger partial charge < -0.3 is 10.1 Å². The summed E-state index contributed by atoms with van der Waals surface area (Å²) in [5.41, 5.74) is 1.86. The van der Waals surface area contributed by atoms with E-state index in [0.717, 1.165) is 14.8 Å². The van der Waals surface area contributed by atoms with Gasteiger partial charge in [-0.3, -0.25) is 14.5 Å². The first-order chi connectivity index (χ1) is 9.96. The predicted octanol–water partition coefficient (Wildman–Crippen LogP) is 2.42. The van der Waals surface area contributed by atoms with Crippen LogP contribution in [0.5, 0.6) is 0 Å². The number of anilines is 1. The maximum absolute atomic E-state index is 12.1. The molecule has 1 N–H and O–H groups in total. The first kappa shape index (κ1) is 17.9. The number of esters is 1. The van der Waals surface area contributed by atoms with Crippen LogP contribution in [0.4, 0.5) is 5.69 Å². The van der Waals surface area contributed by atoms with E-state index in [1.54, 1.807) is 0 Å². The first-order valence-electron chi connectivity index (χ1n) is 6.81. The number of ether oxygens (including phenoxy) is 1. The normalized spacial score (nSPS) is 10.5. The van der Waals surface area contributed by atoms with Crippen molar-refractivity contribution in [2.45, 2.75) is 20.3 Å². The number of halogens is 1. The summed E-state index contributed by atoms with van der Waals surface area (Å²) in [5.74, 6) is -0.339. The molecule has 1 aromatic carbocycles. The molecule has 0 aliphatic heterocycles. The number of aryl methyl sites for hydroxylation is 1. The van der Waals surface area contributed by atoms with Gasteiger partial charge in [0, 0.05) is 15.8 Å². The molecule has 0 saturated heterocycles. The van der Waals surface area contributed by atoms with Crippen LogP contribution in [-0.4, -0.2) is 43.5 Å². The minimum atomic E-state index is -0.262. The Morgan fingerprint density at radius 2 is 2.10 bits per heavy atom.